The molecule has 150 valence electrons. The van der Waals surface area contributed by atoms with Crippen LogP contribution in [0, 0.1) is 0 Å². The summed E-state index contributed by atoms with van der Waals surface area (Å²) < 4.78 is 1.23. The van der Waals surface area contributed by atoms with Crippen molar-refractivity contribution in [2.24, 2.45) is 0 Å². The van der Waals surface area contributed by atoms with Crippen molar-refractivity contribution in [2.45, 2.75) is 19.3 Å². The highest BCUT2D eigenvalue weighted by Gasteiger charge is 2.20. The average molecular weight is 406 g/mol. The Bertz CT molecular complexity index is 925. The monoisotopic (exact) mass is 405 g/mol. The van der Waals surface area contributed by atoms with Gasteiger partial charge in [-0.25, -0.2) is 4.98 Å². The minimum Gasteiger partial charge on any atom is -0.340 e. The summed E-state index contributed by atoms with van der Waals surface area (Å²) in [4.78, 5) is 21.6. The highest BCUT2D eigenvalue weighted by atomic mass is 32.1. The van der Waals surface area contributed by atoms with Crippen molar-refractivity contribution in [3.63, 3.8) is 0 Å². The molecule has 4 nitrogen and oxygen atoms in total. The average Bonchev–Trinajstić information content (AvgIpc) is 3.18. The van der Waals surface area contributed by atoms with Gasteiger partial charge in [0.15, 0.2) is 0 Å². The van der Waals surface area contributed by atoms with E-state index in [4.69, 9.17) is 0 Å². The number of aryl methyl sites for hydroxylation is 1. The number of aromatic nitrogens is 1. The SMILES string of the molecule is O=C(CCCc1nc2ccccc2s1)N1CCN(C/C=C/c2ccccc2)CC1. The molecule has 1 aromatic heterocycles. The zero-order chi connectivity index (χ0) is 19.9. The number of hydrogen-bond donors (Lipinski definition) is 0. The highest BCUT2D eigenvalue weighted by molar-refractivity contribution is 7.18. The molecule has 0 radical (unpaired) electrons. The Morgan fingerprint density at radius 1 is 1.00 bits per heavy atom. The topological polar surface area (TPSA) is 36.4 Å². The van der Waals surface area contributed by atoms with Gasteiger partial charge < -0.3 is 4.90 Å². The summed E-state index contributed by atoms with van der Waals surface area (Å²) in [5.41, 5.74) is 2.30. The summed E-state index contributed by atoms with van der Waals surface area (Å²) in [6.45, 7) is 4.50. The Labute approximate surface area is 176 Å². The fraction of sp³-hybridized carbons (Fsp3) is 0.333. The lowest BCUT2D eigenvalue weighted by Crippen LogP contribution is -2.48. The zero-order valence-corrected chi connectivity index (χ0v) is 17.5. The van der Waals surface area contributed by atoms with Crippen LogP contribution in [0.5, 0.6) is 0 Å². The van der Waals surface area contributed by atoms with Crippen molar-refractivity contribution in [3.8, 4) is 0 Å². The standard InChI is InChI=1S/C24H27N3OS/c28-24(14-6-13-23-25-21-11-4-5-12-22(21)29-23)27-18-16-26(17-19-27)15-7-10-20-8-2-1-3-9-20/h1-5,7-12H,6,13-19H2/b10-7+. The van der Waals surface area contributed by atoms with Crippen LogP contribution in [0.4, 0.5) is 0 Å². The van der Waals surface area contributed by atoms with Gasteiger partial charge in [0.2, 0.25) is 5.91 Å². The molecule has 0 aliphatic carbocycles. The van der Waals surface area contributed by atoms with Crippen LogP contribution in [0.15, 0.2) is 60.7 Å². The summed E-state index contributed by atoms with van der Waals surface area (Å²) >= 11 is 1.74. The lowest BCUT2D eigenvalue weighted by molar-refractivity contribution is -0.132. The molecule has 0 bridgehead atoms. The number of fused-ring (bicyclic) bond motifs is 1. The Hall–Kier alpha value is -2.50. The molecule has 1 aliphatic heterocycles. The number of hydrogen-bond acceptors (Lipinski definition) is 4. The molecule has 29 heavy (non-hydrogen) atoms. The smallest absolute Gasteiger partial charge is 0.222 e. The molecule has 1 aliphatic rings. The van der Waals surface area contributed by atoms with Crippen LogP contribution >= 0.6 is 11.3 Å². The van der Waals surface area contributed by atoms with Crippen molar-refractivity contribution in [1.82, 2.24) is 14.8 Å². The third kappa shape index (κ3) is 5.52. The molecule has 2 heterocycles. The molecule has 5 heteroatoms. The van der Waals surface area contributed by atoms with Crippen molar-refractivity contribution in [1.29, 1.82) is 0 Å². The molecule has 2 aromatic carbocycles. The number of carbonyl (C=O) groups excluding carboxylic acids is 1. The molecule has 0 N–H and O–H groups in total. The van der Waals surface area contributed by atoms with E-state index in [1.54, 1.807) is 11.3 Å². The van der Waals surface area contributed by atoms with Crippen molar-refractivity contribution in [2.75, 3.05) is 32.7 Å². The Morgan fingerprint density at radius 2 is 1.76 bits per heavy atom. The van der Waals surface area contributed by atoms with E-state index in [0.29, 0.717) is 6.42 Å². The first kappa shape index (κ1) is 19.8. The summed E-state index contributed by atoms with van der Waals surface area (Å²) in [5, 5.41) is 1.13. The van der Waals surface area contributed by atoms with E-state index < -0.39 is 0 Å². The maximum absolute atomic E-state index is 12.5. The maximum atomic E-state index is 12.5. The van der Waals surface area contributed by atoms with Gasteiger partial charge in [-0.15, -0.1) is 11.3 Å². The van der Waals surface area contributed by atoms with Gasteiger partial charge in [-0.2, -0.15) is 0 Å². The fourth-order valence-corrected chi connectivity index (χ4v) is 4.67. The van der Waals surface area contributed by atoms with Crippen molar-refractivity contribution < 1.29 is 4.79 Å². The van der Waals surface area contributed by atoms with Gasteiger partial charge in [-0.3, -0.25) is 9.69 Å². The predicted molar refractivity (Wildman–Crippen MR) is 121 cm³/mol. The Kier molecular flexibility index (Phi) is 6.70. The van der Waals surface area contributed by atoms with Crippen LogP contribution in [-0.2, 0) is 11.2 Å². The number of amides is 1. The van der Waals surface area contributed by atoms with Crippen molar-refractivity contribution >= 4 is 33.5 Å². The minimum absolute atomic E-state index is 0.283. The number of rotatable bonds is 7. The van der Waals surface area contributed by atoms with Crippen LogP contribution in [0.25, 0.3) is 16.3 Å². The quantitative estimate of drug-likeness (QED) is 0.582. The molecular formula is C24H27N3OS. The number of thiazole rings is 1. The molecule has 0 unspecified atom stereocenters. The van der Waals surface area contributed by atoms with E-state index in [0.717, 1.165) is 56.1 Å². The van der Waals surface area contributed by atoms with Crippen molar-refractivity contribution in [3.05, 3.63) is 71.2 Å². The third-order valence-corrected chi connectivity index (χ3v) is 6.41. The summed E-state index contributed by atoms with van der Waals surface area (Å²) in [7, 11) is 0. The predicted octanol–water partition coefficient (Wildman–Crippen LogP) is 4.48. The second kappa shape index (κ2) is 9.81. The first-order chi connectivity index (χ1) is 14.3. The number of piperazine rings is 1. The van der Waals surface area contributed by atoms with Gasteiger partial charge in [0.25, 0.3) is 0 Å². The summed E-state index contributed by atoms with van der Waals surface area (Å²) in [6.07, 6.45) is 6.75. The van der Waals surface area contributed by atoms with E-state index in [1.165, 1.54) is 10.3 Å². The normalized spacial score (nSPS) is 15.4. The van der Waals surface area contributed by atoms with E-state index in [2.05, 4.69) is 58.4 Å². The van der Waals surface area contributed by atoms with Gasteiger partial charge in [-0.1, -0.05) is 54.6 Å². The van der Waals surface area contributed by atoms with E-state index in [-0.39, 0.29) is 5.91 Å². The molecule has 3 aromatic rings. The maximum Gasteiger partial charge on any atom is 0.222 e. The largest absolute Gasteiger partial charge is 0.340 e. The number of para-hydroxylation sites is 1. The molecule has 4 rings (SSSR count). The second-order valence-electron chi connectivity index (χ2n) is 7.42. The van der Waals surface area contributed by atoms with E-state index in [1.807, 2.05) is 23.1 Å². The summed E-state index contributed by atoms with van der Waals surface area (Å²) in [5.74, 6) is 0.283. The van der Waals surface area contributed by atoms with Crippen LogP contribution < -0.4 is 0 Å². The van der Waals surface area contributed by atoms with Gasteiger partial charge in [0, 0.05) is 39.1 Å². The Balaban J connectivity index is 1.16. The molecule has 1 fully saturated rings. The highest BCUT2D eigenvalue weighted by Crippen LogP contribution is 2.22. The number of benzene rings is 2. The van der Waals surface area contributed by atoms with E-state index >= 15 is 0 Å². The van der Waals surface area contributed by atoms with E-state index in [9.17, 15) is 4.79 Å². The molecule has 0 saturated carbocycles. The van der Waals surface area contributed by atoms with Crippen LogP contribution in [0.2, 0.25) is 0 Å². The zero-order valence-electron chi connectivity index (χ0n) is 16.7. The lowest BCUT2D eigenvalue weighted by atomic mass is 10.2. The second-order valence-corrected chi connectivity index (χ2v) is 8.54. The summed E-state index contributed by atoms with van der Waals surface area (Å²) in [6, 6.07) is 18.6. The third-order valence-electron chi connectivity index (χ3n) is 5.32. The van der Waals surface area contributed by atoms with Gasteiger partial charge in [0.05, 0.1) is 15.2 Å². The first-order valence-corrected chi connectivity index (χ1v) is 11.2. The molecule has 1 amide bonds. The van der Waals surface area contributed by atoms with Crippen LogP contribution in [0.3, 0.4) is 0 Å². The Morgan fingerprint density at radius 3 is 2.55 bits per heavy atom. The first-order valence-electron chi connectivity index (χ1n) is 10.3. The van der Waals surface area contributed by atoms with Crippen LogP contribution in [0.1, 0.15) is 23.4 Å². The number of carbonyl (C=O) groups is 1. The molecule has 0 atom stereocenters. The van der Waals surface area contributed by atoms with Gasteiger partial charge >= 0.3 is 0 Å². The molecular weight excluding hydrogens is 378 g/mol. The van der Waals surface area contributed by atoms with Crippen LogP contribution in [-0.4, -0.2) is 53.4 Å². The van der Waals surface area contributed by atoms with Gasteiger partial charge in [-0.05, 0) is 30.5 Å². The number of nitrogens with zero attached hydrogens (tertiary/aromatic N) is 3. The molecule has 1 saturated heterocycles. The fourth-order valence-electron chi connectivity index (χ4n) is 3.66. The molecule has 0 spiro atoms. The van der Waals surface area contributed by atoms with Gasteiger partial charge in [0.1, 0.15) is 0 Å². The minimum atomic E-state index is 0.283. The lowest BCUT2D eigenvalue weighted by Gasteiger charge is -2.34.